The molecule has 74 valence electrons. The van der Waals surface area contributed by atoms with Gasteiger partial charge in [-0.3, -0.25) is 0 Å². The van der Waals surface area contributed by atoms with Crippen LogP contribution in [0.2, 0.25) is 21.0 Å². The molecule has 0 N–H and O–H groups in total. The third-order valence-corrected chi connectivity index (χ3v) is 12.0. The summed E-state index contributed by atoms with van der Waals surface area (Å²) >= 11 is -1.81. The first-order valence-electron chi connectivity index (χ1n) is 4.62. The number of hydrogen-bond donors (Lipinski definition) is 0. The van der Waals surface area contributed by atoms with E-state index in [4.69, 9.17) is 20.0 Å². The zero-order chi connectivity index (χ0) is 9.98. The normalized spacial score (nSPS) is 10.0. The molecule has 0 saturated carbocycles. The minimum absolute atomic E-state index is 0.403. The molecule has 12 heavy (non-hydrogen) atoms. The molecule has 0 aromatic rings. The molecule has 0 rings (SSSR count). The summed E-state index contributed by atoms with van der Waals surface area (Å²) in [4.78, 5) is 0. The maximum absolute atomic E-state index is 5.39. The van der Waals surface area contributed by atoms with Crippen LogP contribution >= 0.6 is 20.0 Å². The van der Waals surface area contributed by atoms with Gasteiger partial charge in [-0.2, -0.15) is 0 Å². The number of rotatable bonds is 4. The Kier molecular flexibility index (Phi) is 17.0. The van der Waals surface area contributed by atoms with Crippen LogP contribution < -0.4 is 0 Å². The minimum atomic E-state index is -1.41. The topological polar surface area (TPSA) is 0 Å². The zero-order valence-electron chi connectivity index (χ0n) is 8.58. The summed E-state index contributed by atoms with van der Waals surface area (Å²) in [6.07, 6.45) is 0. The molecule has 0 aliphatic heterocycles. The van der Waals surface area contributed by atoms with Gasteiger partial charge in [-0.1, -0.05) is 0 Å². The van der Waals surface area contributed by atoms with Gasteiger partial charge in [0.15, 0.2) is 0 Å². The summed E-state index contributed by atoms with van der Waals surface area (Å²) in [5.41, 5.74) is 0. The van der Waals surface area contributed by atoms with Crippen molar-refractivity contribution in [2.75, 3.05) is 0 Å². The van der Waals surface area contributed by atoms with Crippen molar-refractivity contribution in [2.45, 2.75) is 48.7 Å². The second-order valence-electron chi connectivity index (χ2n) is 2.50. The third-order valence-electron chi connectivity index (χ3n) is 1.77. The van der Waals surface area contributed by atoms with Crippen molar-refractivity contribution >= 4 is 46.9 Å². The Morgan fingerprint density at radius 3 is 1.00 bits per heavy atom. The van der Waals surface area contributed by atoms with Crippen molar-refractivity contribution in [2.24, 2.45) is 0 Å². The van der Waals surface area contributed by atoms with E-state index in [1.807, 2.05) is 6.92 Å². The molecular weight excluding hydrogens is 312 g/mol. The van der Waals surface area contributed by atoms with Gasteiger partial charge in [0.25, 0.3) is 0 Å². The summed E-state index contributed by atoms with van der Waals surface area (Å²) < 4.78 is 0. The standard InChI is InChI=1S/C6H15Ge.C2H5Cl2Ge/c1-4-7(5-2)6-3;1-2-5(3)4/h4-6H2,1-3H3;2H2,1H3. The first-order valence-corrected chi connectivity index (χ1v) is 16.1. The van der Waals surface area contributed by atoms with Crippen LogP contribution in [0.3, 0.4) is 0 Å². The van der Waals surface area contributed by atoms with E-state index < -0.39 is 26.8 Å². The fourth-order valence-electron chi connectivity index (χ4n) is 0.750. The molecule has 0 heterocycles. The number of halogens is 2. The Labute approximate surface area is 95.0 Å². The van der Waals surface area contributed by atoms with Gasteiger partial charge in [-0.15, -0.1) is 0 Å². The van der Waals surface area contributed by atoms with Gasteiger partial charge < -0.3 is 0 Å². The molecule has 2 radical (unpaired) electrons. The summed E-state index contributed by atoms with van der Waals surface area (Å²) in [6, 6.07) is 0. The fraction of sp³-hybridized carbons (Fsp3) is 1.00. The zero-order valence-corrected chi connectivity index (χ0v) is 14.3. The first-order chi connectivity index (χ1) is 5.62. The van der Waals surface area contributed by atoms with Crippen molar-refractivity contribution in [3.63, 3.8) is 0 Å². The van der Waals surface area contributed by atoms with Gasteiger partial charge in [0, 0.05) is 0 Å². The number of hydrogen-bond acceptors (Lipinski definition) is 0. The predicted molar refractivity (Wildman–Crippen MR) is 65.1 cm³/mol. The van der Waals surface area contributed by atoms with Crippen LogP contribution in [0.25, 0.3) is 0 Å². The van der Waals surface area contributed by atoms with Crippen LogP contribution in [-0.2, 0) is 0 Å². The molecule has 0 saturated heterocycles. The Hall–Kier alpha value is 1.67. The van der Waals surface area contributed by atoms with Crippen molar-refractivity contribution < 1.29 is 0 Å². The van der Waals surface area contributed by atoms with Crippen LogP contribution in [0.4, 0.5) is 0 Å². The monoisotopic (exact) mass is 334 g/mol. The van der Waals surface area contributed by atoms with Gasteiger partial charge in [0.2, 0.25) is 0 Å². The van der Waals surface area contributed by atoms with E-state index in [0.29, 0.717) is 0 Å². The van der Waals surface area contributed by atoms with Crippen molar-refractivity contribution in [1.29, 1.82) is 0 Å². The molecule has 0 fully saturated rings. The summed E-state index contributed by atoms with van der Waals surface area (Å²) in [7, 11) is 10.8. The second kappa shape index (κ2) is 12.7. The van der Waals surface area contributed by atoms with Crippen LogP contribution in [-0.4, -0.2) is 26.8 Å². The summed E-state index contributed by atoms with van der Waals surface area (Å²) in [6.45, 7) is 9.02. The van der Waals surface area contributed by atoms with Crippen molar-refractivity contribution in [3.8, 4) is 0 Å². The van der Waals surface area contributed by atoms with E-state index >= 15 is 0 Å². The Morgan fingerprint density at radius 1 is 0.750 bits per heavy atom. The molecule has 0 bridgehead atoms. The molecule has 0 aliphatic carbocycles. The molecule has 0 amide bonds. The first kappa shape index (κ1) is 16.1. The summed E-state index contributed by atoms with van der Waals surface area (Å²) in [5.74, 6) is 0. The van der Waals surface area contributed by atoms with E-state index in [-0.39, 0.29) is 0 Å². The van der Waals surface area contributed by atoms with Crippen molar-refractivity contribution in [3.05, 3.63) is 0 Å². The van der Waals surface area contributed by atoms with Crippen LogP contribution in [0.5, 0.6) is 0 Å². The third kappa shape index (κ3) is 14.2. The average Bonchev–Trinajstić information content (AvgIpc) is 2.09. The van der Waals surface area contributed by atoms with E-state index in [2.05, 4.69) is 20.8 Å². The fourth-order valence-corrected chi connectivity index (χ4v) is 3.90. The molecular formula is C8H20Cl2Ge2. The molecule has 4 heteroatoms. The molecule has 0 aromatic heterocycles. The predicted octanol–water partition coefficient (Wildman–Crippen LogP) is 4.51. The quantitative estimate of drug-likeness (QED) is 0.664. The van der Waals surface area contributed by atoms with Crippen molar-refractivity contribution in [1.82, 2.24) is 0 Å². The Balaban J connectivity index is 0. The molecule has 0 unspecified atom stereocenters. The van der Waals surface area contributed by atoms with E-state index in [0.717, 1.165) is 5.25 Å². The van der Waals surface area contributed by atoms with Crippen LogP contribution in [0.1, 0.15) is 27.7 Å². The van der Waals surface area contributed by atoms with E-state index in [9.17, 15) is 0 Å². The molecule has 0 atom stereocenters. The van der Waals surface area contributed by atoms with Gasteiger partial charge in [-0.25, -0.2) is 0 Å². The molecule has 0 spiro atoms. The van der Waals surface area contributed by atoms with E-state index in [1.54, 1.807) is 0 Å². The maximum atomic E-state index is 5.39. The second-order valence-corrected chi connectivity index (χ2v) is 18.8. The average molecular weight is 332 g/mol. The molecule has 0 aromatic carbocycles. The van der Waals surface area contributed by atoms with Gasteiger partial charge in [0.1, 0.15) is 0 Å². The Morgan fingerprint density at radius 2 is 1.00 bits per heavy atom. The van der Waals surface area contributed by atoms with Crippen LogP contribution in [0, 0.1) is 0 Å². The van der Waals surface area contributed by atoms with Gasteiger partial charge in [0.05, 0.1) is 0 Å². The van der Waals surface area contributed by atoms with Gasteiger partial charge >= 0.3 is 95.6 Å². The SMILES string of the molecule is C[CH2][Ge]([CH2]C)[CH2]C.C[CH2][Ge]([Cl])[Cl]. The van der Waals surface area contributed by atoms with E-state index in [1.165, 1.54) is 15.8 Å². The van der Waals surface area contributed by atoms with Crippen LogP contribution in [0.15, 0.2) is 0 Å². The molecule has 0 nitrogen and oxygen atoms in total. The van der Waals surface area contributed by atoms with Gasteiger partial charge in [-0.05, 0) is 0 Å². The summed E-state index contributed by atoms with van der Waals surface area (Å²) in [5, 5.41) is 5.57. The Bertz CT molecular complexity index is 69.9. The molecule has 0 aliphatic rings.